The molecule has 3 aromatic rings. The fraction of sp³-hybridized carbons (Fsp3) is 0.286. The quantitative estimate of drug-likeness (QED) is 0.118. The Labute approximate surface area is 201 Å². The maximum absolute atomic E-state index is 12.3. The Morgan fingerprint density at radius 1 is 0.879 bits per heavy atom. The first kappa shape index (κ1) is 24.5. The van der Waals surface area contributed by atoms with Gasteiger partial charge < -0.3 is 9.47 Å². The predicted octanol–water partition coefficient (Wildman–Crippen LogP) is 8.05. The number of hydrogen-bond donors (Lipinski definition) is 0. The molecule has 0 fully saturated rings. The largest absolute Gasteiger partial charge is 0.494 e. The van der Waals surface area contributed by atoms with Crippen LogP contribution in [0.5, 0.6) is 11.5 Å². The van der Waals surface area contributed by atoms with E-state index >= 15 is 0 Å². The molecule has 0 aliphatic rings. The highest BCUT2D eigenvalue weighted by molar-refractivity contribution is 6.32. The number of carbonyl (C=O) groups excluding carboxylic acids is 1. The average Bonchev–Trinajstić information content (AvgIpc) is 2.84. The molecule has 0 unspecified atom stereocenters. The molecule has 0 aromatic heterocycles. The zero-order chi connectivity index (χ0) is 23.3. The molecule has 0 atom stereocenters. The summed E-state index contributed by atoms with van der Waals surface area (Å²) in [5.41, 5.74) is 2.15. The van der Waals surface area contributed by atoms with E-state index in [4.69, 9.17) is 21.1 Å². The fourth-order valence-electron chi connectivity index (χ4n) is 3.24. The van der Waals surface area contributed by atoms with E-state index in [-0.39, 0.29) is 0 Å². The molecule has 5 heteroatoms. The first-order valence-corrected chi connectivity index (χ1v) is 11.9. The van der Waals surface area contributed by atoms with Gasteiger partial charge in [-0.25, -0.2) is 4.79 Å². The summed E-state index contributed by atoms with van der Waals surface area (Å²) in [6.07, 6.45) is 9.31. The number of rotatable bonds is 12. The number of unbranched alkanes of at least 4 members (excludes halogenated alkanes) is 5. The molecule has 33 heavy (non-hydrogen) atoms. The summed E-state index contributed by atoms with van der Waals surface area (Å²) < 4.78 is 11.2. The molecule has 0 aliphatic heterocycles. The molecule has 3 aromatic carbocycles. The molecule has 0 bridgehead atoms. The molecule has 0 spiro atoms. The Morgan fingerprint density at radius 2 is 1.58 bits per heavy atom. The second kappa shape index (κ2) is 13.4. The first-order valence-electron chi connectivity index (χ1n) is 11.5. The third-order valence-electron chi connectivity index (χ3n) is 5.15. The average molecular weight is 464 g/mol. The number of ether oxygens (including phenoxy) is 2. The Bertz CT molecular complexity index is 1030. The van der Waals surface area contributed by atoms with E-state index in [1.807, 2.05) is 24.3 Å². The summed E-state index contributed by atoms with van der Waals surface area (Å²) in [5, 5.41) is 0.394. The van der Waals surface area contributed by atoms with Crippen molar-refractivity contribution in [3.63, 3.8) is 0 Å². The molecular formula is C28H30ClNO3. The van der Waals surface area contributed by atoms with Crippen LogP contribution in [0.15, 0.2) is 77.8 Å². The standard InChI is InChI=1S/C28H30ClNO3/c1-2-3-4-5-6-9-20-32-25-18-12-22(13-19-25)21-30-24-16-14-23(15-17-24)28(31)33-27-11-8-7-10-26(27)29/h7-8,10-19,21H,2-6,9,20H2,1H3. The number of para-hydroxylation sites is 1. The molecule has 0 aliphatic carbocycles. The van der Waals surface area contributed by atoms with Crippen LogP contribution in [0.3, 0.4) is 0 Å². The summed E-state index contributed by atoms with van der Waals surface area (Å²) in [6, 6.07) is 21.7. The van der Waals surface area contributed by atoms with Crippen molar-refractivity contribution in [1.29, 1.82) is 0 Å². The monoisotopic (exact) mass is 463 g/mol. The molecule has 0 saturated heterocycles. The highest BCUT2D eigenvalue weighted by Crippen LogP contribution is 2.24. The topological polar surface area (TPSA) is 47.9 Å². The van der Waals surface area contributed by atoms with Gasteiger partial charge in [-0.3, -0.25) is 4.99 Å². The molecule has 172 valence electrons. The summed E-state index contributed by atoms with van der Waals surface area (Å²) in [6.45, 7) is 2.99. The second-order valence-corrected chi connectivity index (χ2v) is 8.22. The van der Waals surface area contributed by atoms with Crippen molar-refractivity contribution in [3.05, 3.63) is 88.9 Å². The van der Waals surface area contributed by atoms with Gasteiger partial charge in [0.2, 0.25) is 0 Å². The van der Waals surface area contributed by atoms with Crippen molar-refractivity contribution in [2.75, 3.05) is 6.61 Å². The summed E-state index contributed by atoms with van der Waals surface area (Å²) in [5.74, 6) is 0.753. The lowest BCUT2D eigenvalue weighted by atomic mass is 10.1. The SMILES string of the molecule is CCCCCCCCOc1ccc(C=Nc2ccc(C(=O)Oc3ccccc3Cl)cc2)cc1. The summed E-state index contributed by atoms with van der Waals surface area (Å²) in [4.78, 5) is 16.8. The van der Waals surface area contributed by atoms with E-state index < -0.39 is 5.97 Å². The van der Waals surface area contributed by atoms with Gasteiger partial charge in [-0.15, -0.1) is 0 Å². The molecule has 3 rings (SSSR count). The Balaban J connectivity index is 1.45. The van der Waals surface area contributed by atoms with E-state index in [2.05, 4.69) is 11.9 Å². The maximum Gasteiger partial charge on any atom is 0.343 e. The predicted molar refractivity (Wildman–Crippen MR) is 135 cm³/mol. The highest BCUT2D eigenvalue weighted by atomic mass is 35.5. The van der Waals surface area contributed by atoms with Crippen LogP contribution in [-0.2, 0) is 0 Å². The molecular weight excluding hydrogens is 434 g/mol. The van der Waals surface area contributed by atoms with Crippen LogP contribution in [0.25, 0.3) is 0 Å². The number of nitrogens with zero attached hydrogens (tertiary/aromatic N) is 1. The van der Waals surface area contributed by atoms with Gasteiger partial charge in [0.25, 0.3) is 0 Å². The number of esters is 1. The Morgan fingerprint density at radius 3 is 2.30 bits per heavy atom. The van der Waals surface area contributed by atoms with E-state index in [0.29, 0.717) is 16.3 Å². The highest BCUT2D eigenvalue weighted by Gasteiger charge is 2.10. The van der Waals surface area contributed by atoms with Gasteiger partial charge in [-0.2, -0.15) is 0 Å². The zero-order valence-corrected chi connectivity index (χ0v) is 19.8. The third kappa shape index (κ3) is 8.39. The van der Waals surface area contributed by atoms with Crippen molar-refractivity contribution in [1.82, 2.24) is 0 Å². The van der Waals surface area contributed by atoms with Crippen LogP contribution in [0, 0.1) is 0 Å². The van der Waals surface area contributed by atoms with Crippen molar-refractivity contribution in [3.8, 4) is 11.5 Å². The number of hydrogen-bond acceptors (Lipinski definition) is 4. The molecule has 0 N–H and O–H groups in total. The van der Waals surface area contributed by atoms with E-state index in [9.17, 15) is 4.79 Å². The van der Waals surface area contributed by atoms with Crippen molar-refractivity contribution < 1.29 is 14.3 Å². The van der Waals surface area contributed by atoms with Crippen LogP contribution < -0.4 is 9.47 Å². The van der Waals surface area contributed by atoms with Crippen molar-refractivity contribution in [2.45, 2.75) is 45.4 Å². The number of benzene rings is 3. The minimum atomic E-state index is -0.463. The maximum atomic E-state index is 12.3. The first-order chi connectivity index (χ1) is 16.2. The minimum absolute atomic E-state index is 0.339. The lowest BCUT2D eigenvalue weighted by Crippen LogP contribution is -2.08. The van der Waals surface area contributed by atoms with Crippen LogP contribution >= 0.6 is 11.6 Å². The second-order valence-electron chi connectivity index (χ2n) is 7.81. The molecule has 0 heterocycles. The van der Waals surface area contributed by atoms with Crippen molar-refractivity contribution in [2.24, 2.45) is 4.99 Å². The molecule has 0 saturated carbocycles. The van der Waals surface area contributed by atoms with E-state index in [1.165, 1.54) is 32.1 Å². The summed E-state index contributed by atoms with van der Waals surface area (Å²) in [7, 11) is 0. The van der Waals surface area contributed by atoms with E-state index in [0.717, 1.165) is 30.0 Å². The van der Waals surface area contributed by atoms with Gasteiger partial charge in [0.1, 0.15) is 11.5 Å². The molecule has 4 nitrogen and oxygen atoms in total. The van der Waals surface area contributed by atoms with Crippen LogP contribution in [0.1, 0.15) is 61.4 Å². The minimum Gasteiger partial charge on any atom is -0.494 e. The van der Waals surface area contributed by atoms with Crippen LogP contribution in [0.4, 0.5) is 5.69 Å². The lowest BCUT2D eigenvalue weighted by molar-refractivity contribution is 0.0735. The lowest BCUT2D eigenvalue weighted by Gasteiger charge is -2.06. The number of halogens is 1. The third-order valence-corrected chi connectivity index (χ3v) is 5.46. The number of aliphatic imine (C=N–C) groups is 1. The molecule has 0 amide bonds. The summed E-state index contributed by atoms with van der Waals surface area (Å²) >= 11 is 6.04. The fourth-order valence-corrected chi connectivity index (χ4v) is 3.42. The van der Waals surface area contributed by atoms with Crippen LogP contribution in [-0.4, -0.2) is 18.8 Å². The molecule has 0 radical (unpaired) electrons. The van der Waals surface area contributed by atoms with E-state index in [1.54, 1.807) is 54.7 Å². The van der Waals surface area contributed by atoms with Crippen LogP contribution in [0.2, 0.25) is 5.02 Å². The smallest absolute Gasteiger partial charge is 0.343 e. The number of carbonyl (C=O) groups is 1. The van der Waals surface area contributed by atoms with Crippen molar-refractivity contribution >= 4 is 29.5 Å². The normalized spacial score (nSPS) is 11.0. The Kier molecular flexibility index (Phi) is 9.99. The zero-order valence-electron chi connectivity index (χ0n) is 19.0. The van der Waals surface area contributed by atoms with Gasteiger partial charge in [-0.05, 0) is 72.6 Å². The Hall–Kier alpha value is -3.11. The van der Waals surface area contributed by atoms with Gasteiger partial charge in [0.15, 0.2) is 0 Å². The van der Waals surface area contributed by atoms with Gasteiger partial charge >= 0.3 is 5.97 Å². The van der Waals surface area contributed by atoms with Gasteiger partial charge in [0, 0.05) is 6.21 Å². The van der Waals surface area contributed by atoms with Gasteiger partial charge in [-0.1, -0.05) is 62.8 Å². The van der Waals surface area contributed by atoms with Gasteiger partial charge in [0.05, 0.1) is 22.9 Å².